The summed E-state index contributed by atoms with van der Waals surface area (Å²) in [5.41, 5.74) is 7.49. The third kappa shape index (κ3) is 4.45. The van der Waals surface area contributed by atoms with Gasteiger partial charge in [0.25, 0.3) is 0 Å². The smallest absolute Gasteiger partial charge is 0.138 e. The van der Waals surface area contributed by atoms with Crippen LogP contribution in [0.4, 0.5) is 11.6 Å². The molecule has 8 heteroatoms. The van der Waals surface area contributed by atoms with Gasteiger partial charge in [-0.3, -0.25) is 15.3 Å². The van der Waals surface area contributed by atoms with Gasteiger partial charge >= 0.3 is 0 Å². The minimum Gasteiger partial charge on any atom is -0.367 e. The van der Waals surface area contributed by atoms with Crippen LogP contribution in [-0.2, 0) is 0 Å². The Kier molecular flexibility index (Phi) is 5.90. The van der Waals surface area contributed by atoms with Crippen LogP contribution in [0.5, 0.6) is 0 Å². The molecule has 5 heterocycles. The molecule has 0 spiro atoms. The molecule has 0 aliphatic carbocycles. The number of nitrogens with one attached hydrogen (secondary N) is 4. The number of hydrazine groups is 1. The van der Waals surface area contributed by atoms with E-state index in [1.165, 1.54) is 19.3 Å². The van der Waals surface area contributed by atoms with Gasteiger partial charge in [0.05, 0.1) is 17.8 Å². The van der Waals surface area contributed by atoms with E-state index >= 15 is 0 Å². The normalized spacial score (nSPS) is 30.8. The van der Waals surface area contributed by atoms with Gasteiger partial charge in [-0.05, 0) is 51.2 Å². The van der Waals surface area contributed by atoms with E-state index in [4.69, 9.17) is 10.2 Å². The summed E-state index contributed by atoms with van der Waals surface area (Å²) in [7, 11) is 0. The maximum Gasteiger partial charge on any atom is 0.138 e. The first-order chi connectivity index (χ1) is 15.2. The molecule has 2 aromatic heterocycles. The lowest BCUT2D eigenvalue weighted by molar-refractivity contribution is 0.0370. The van der Waals surface area contributed by atoms with Crippen LogP contribution in [0.1, 0.15) is 51.9 Å². The fourth-order valence-electron chi connectivity index (χ4n) is 5.58. The SMILES string of the molecule is CC1CC(Nc2cc3ncccc3c(NC3C[C@H]4CCC[C@@H](C3)N4CCC#N)n2)NN1. The molecule has 3 fully saturated rings. The van der Waals surface area contributed by atoms with Gasteiger partial charge in [0.2, 0.25) is 0 Å². The lowest BCUT2D eigenvalue weighted by Gasteiger charge is -2.49. The Bertz CT molecular complexity index is 942. The van der Waals surface area contributed by atoms with Crippen molar-refractivity contribution in [3.05, 3.63) is 24.4 Å². The van der Waals surface area contributed by atoms with Crippen molar-refractivity contribution in [1.82, 2.24) is 25.7 Å². The van der Waals surface area contributed by atoms with Crippen LogP contribution in [0.15, 0.2) is 24.4 Å². The van der Waals surface area contributed by atoms with Gasteiger partial charge in [0, 0.05) is 54.8 Å². The molecule has 3 unspecified atom stereocenters. The van der Waals surface area contributed by atoms with E-state index in [0.717, 1.165) is 48.3 Å². The summed E-state index contributed by atoms with van der Waals surface area (Å²) >= 11 is 0. The second kappa shape index (κ2) is 8.95. The number of nitriles is 1. The zero-order valence-corrected chi connectivity index (χ0v) is 18.1. The third-order valence-electron chi connectivity index (χ3n) is 6.96. The zero-order valence-electron chi connectivity index (χ0n) is 18.1. The Morgan fingerprint density at radius 2 is 2.03 bits per heavy atom. The highest BCUT2D eigenvalue weighted by molar-refractivity contribution is 5.91. The van der Waals surface area contributed by atoms with Crippen molar-refractivity contribution in [3.8, 4) is 6.07 Å². The molecule has 0 radical (unpaired) electrons. The Morgan fingerprint density at radius 3 is 2.77 bits per heavy atom. The van der Waals surface area contributed by atoms with E-state index in [1.807, 2.05) is 18.3 Å². The largest absolute Gasteiger partial charge is 0.367 e. The minimum absolute atomic E-state index is 0.152. The Morgan fingerprint density at radius 1 is 1.19 bits per heavy atom. The van der Waals surface area contributed by atoms with Crippen LogP contribution >= 0.6 is 0 Å². The summed E-state index contributed by atoms with van der Waals surface area (Å²) in [6, 6.07) is 10.4. The predicted octanol–water partition coefficient (Wildman–Crippen LogP) is 2.97. The van der Waals surface area contributed by atoms with Crippen LogP contribution in [0.25, 0.3) is 10.9 Å². The molecule has 31 heavy (non-hydrogen) atoms. The van der Waals surface area contributed by atoms with Gasteiger partial charge in [-0.2, -0.15) is 5.26 Å². The zero-order chi connectivity index (χ0) is 21.2. The molecule has 2 aromatic rings. The second-order valence-electron chi connectivity index (χ2n) is 9.25. The van der Waals surface area contributed by atoms with E-state index in [9.17, 15) is 0 Å². The van der Waals surface area contributed by atoms with Gasteiger partial charge in [-0.15, -0.1) is 0 Å². The van der Waals surface area contributed by atoms with E-state index in [2.05, 4.69) is 50.4 Å². The molecule has 0 amide bonds. The van der Waals surface area contributed by atoms with Crippen LogP contribution in [-0.4, -0.2) is 51.7 Å². The number of piperidine rings is 2. The topological polar surface area (TPSA) is 101 Å². The summed E-state index contributed by atoms with van der Waals surface area (Å²) in [5.74, 6) is 1.76. The first-order valence-electron chi connectivity index (χ1n) is 11.6. The molecule has 3 saturated heterocycles. The molecule has 164 valence electrons. The Balaban J connectivity index is 1.35. The van der Waals surface area contributed by atoms with Gasteiger partial charge in [-0.1, -0.05) is 6.42 Å². The van der Waals surface area contributed by atoms with Crippen LogP contribution < -0.4 is 21.5 Å². The number of rotatable bonds is 6. The summed E-state index contributed by atoms with van der Waals surface area (Å²) in [6.07, 6.45) is 9.59. The quantitative estimate of drug-likeness (QED) is 0.566. The highest BCUT2D eigenvalue weighted by atomic mass is 15.5. The second-order valence-corrected chi connectivity index (χ2v) is 9.25. The van der Waals surface area contributed by atoms with Crippen LogP contribution in [0.3, 0.4) is 0 Å². The minimum atomic E-state index is 0.152. The molecular formula is C23H32N8. The van der Waals surface area contributed by atoms with Crippen molar-refractivity contribution >= 4 is 22.5 Å². The number of pyridine rings is 2. The third-order valence-corrected chi connectivity index (χ3v) is 6.96. The Hall–Kier alpha value is -2.47. The van der Waals surface area contributed by atoms with Crippen LogP contribution in [0.2, 0.25) is 0 Å². The number of aromatic nitrogens is 2. The highest BCUT2D eigenvalue weighted by Crippen LogP contribution is 2.36. The summed E-state index contributed by atoms with van der Waals surface area (Å²) in [4.78, 5) is 12.1. The van der Waals surface area contributed by atoms with Gasteiger partial charge in [0.15, 0.2) is 0 Å². The highest BCUT2D eigenvalue weighted by Gasteiger charge is 2.38. The number of hydrogen-bond acceptors (Lipinski definition) is 8. The molecule has 5 rings (SSSR count). The maximum absolute atomic E-state index is 9.03. The van der Waals surface area contributed by atoms with Crippen LogP contribution in [0, 0.1) is 11.3 Å². The van der Waals surface area contributed by atoms with Gasteiger partial charge in [0.1, 0.15) is 11.6 Å². The molecule has 3 aliphatic heterocycles. The first kappa shape index (κ1) is 20.4. The average molecular weight is 421 g/mol. The lowest BCUT2D eigenvalue weighted by atomic mass is 9.81. The Labute approximate surface area is 183 Å². The standard InChI is InChI=1S/C23H32N8/c1-15-11-22(30-29-15)27-21-14-20-19(7-3-9-25-20)23(28-21)26-16-12-17-5-2-6-18(13-16)31(17)10-4-8-24/h3,7,9,14-18,22,29-30H,2,4-6,10-13H2,1H3,(H2,26,27,28)/t15?,16?,17-,18+,22?. The molecule has 3 aliphatic rings. The van der Waals surface area contributed by atoms with Gasteiger partial charge in [-0.25, -0.2) is 10.4 Å². The molecule has 2 bridgehead atoms. The van der Waals surface area contributed by atoms with Gasteiger partial charge < -0.3 is 10.6 Å². The first-order valence-corrected chi connectivity index (χ1v) is 11.6. The summed E-state index contributed by atoms with van der Waals surface area (Å²) < 4.78 is 0. The monoisotopic (exact) mass is 420 g/mol. The molecular weight excluding hydrogens is 388 g/mol. The fourth-order valence-corrected chi connectivity index (χ4v) is 5.58. The number of nitrogens with zero attached hydrogens (tertiary/aromatic N) is 4. The van der Waals surface area contributed by atoms with Crippen molar-refractivity contribution in [2.45, 2.75) is 82.2 Å². The number of hydrogen-bond donors (Lipinski definition) is 4. The van der Waals surface area contributed by atoms with E-state index < -0.39 is 0 Å². The van der Waals surface area contributed by atoms with E-state index in [0.29, 0.717) is 30.6 Å². The summed E-state index contributed by atoms with van der Waals surface area (Å²) in [6.45, 7) is 3.07. The molecule has 0 saturated carbocycles. The van der Waals surface area contributed by atoms with Crippen molar-refractivity contribution < 1.29 is 0 Å². The predicted molar refractivity (Wildman–Crippen MR) is 122 cm³/mol. The van der Waals surface area contributed by atoms with E-state index in [1.54, 1.807) is 0 Å². The summed E-state index contributed by atoms with van der Waals surface area (Å²) in [5, 5.41) is 17.4. The molecule has 0 aromatic carbocycles. The number of fused-ring (bicyclic) bond motifs is 3. The average Bonchev–Trinajstić information content (AvgIpc) is 3.16. The molecule has 4 N–H and O–H groups in total. The van der Waals surface area contributed by atoms with E-state index in [-0.39, 0.29) is 6.17 Å². The fraction of sp³-hybridized carbons (Fsp3) is 0.609. The van der Waals surface area contributed by atoms with Crippen molar-refractivity contribution in [3.63, 3.8) is 0 Å². The van der Waals surface area contributed by atoms with Crippen molar-refractivity contribution in [1.29, 1.82) is 5.26 Å². The number of anilines is 2. The van der Waals surface area contributed by atoms with Crippen molar-refractivity contribution in [2.75, 3.05) is 17.2 Å². The van der Waals surface area contributed by atoms with Crippen molar-refractivity contribution in [2.24, 2.45) is 0 Å². The lowest BCUT2D eigenvalue weighted by Crippen LogP contribution is -2.55. The molecule has 8 nitrogen and oxygen atoms in total. The molecule has 5 atom stereocenters. The maximum atomic E-state index is 9.03.